The lowest BCUT2D eigenvalue weighted by molar-refractivity contribution is 0.405. The first-order valence-corrected chi connectivity index (χ1v) is 5.71. The van der Waals surface area contributed by atoms with Gasteiger partial charge in [0.15, 0.2) is 0 Å². The van der Waals surface area contributed by atoms with Gasteiger partial charge in [0.25, 0.3) is 5.88 Å². The normalized spacial score (nSPS) is 10.3. The minimum atomic E-state index is -0.306. The molecule has 100 valence electrons. The molecule has 0 aliphatic carbocycles. The summed E-state index contributed by atoms with van der Waals surface area (Å²) in [6, 6.07) is 5.23. The van der Waals surface area contributed by atoms with Gasteiger partial charge in [-0.3, -0.25) is 4.79 Å². The molecule has 1 aromatic carbocycles. The highest BCUT2D eigenvalue weighted by molar-refractivity contribution is 5.39. The molecule has 1 heterocycles. The van der Waals surface area contributed by atoms with Crippen LogP contribution in [0.2, 0.25) is 0 Å². The summed E-state index contributed by atoms with van der Waals surface area (Å²) in [6.45, 7) is 0.355. The maximum atomic E-state index is 11.8. The van der Waals surface area contributed by atoms with Gasteiger partial charge in [0.05, 0.1) is 7.11 Å². The van der Waals surface area contributed by atoms with Gasteiger partial charge in [-0.25, -0.2) is 4.98 Å². The molecule has 6 heteroatoms. The van der Waals surface area contributed by atoms with Gasteiger partial charge >= 0.3 is 5.56 Å². The van der Waals surface area contributed by atoms with Crippen molar-refractivity contribution in [2.75, 3.05) is 7.11 Å². The number of rotatable bonds is 4. The summed E-state index contributed by atoms with van der Waals surface area (Å²) in [5.74, 6) is 1.10. The Hall–Kier alpha value is -2.34. The first-order chi connectivity index (χ1) is 9.13. The van der Waals surface area contributed by atoms with E-state index in [9.17, 15) is 4.79 Å². The van der Waals surface area contributed by atoms with Crippen LogP contribution in [0.3, 0.4) is 0 Å². The Bertz CT molecular complexity index is 615. The number of hydrogen-bond acceptors (Lipinski definition) is 5. The highest BCUT2D eigenvalue weighted by Gasteiger charge is 2.08. The van der Waals surface area contributed by atoms with Crippen molar-refractivity contribution in [3.63, 3.8) is 0 Å². The van der Waals surface area contributed by atoms with E-state index in [-0.39, 0.29) is 11.4 Å². The van der Waals surface area contributed by atoms with E-state index >= 15 is 0 Å². The van der Waals surface area contributed by atoms with E-state index in [1.165, 1.54) is 10.8 Å². The average Bonchev–Trinajstić information content (AvgIpc) is 2.43. The zero-order valence-electron chi connectivity index (χ0n) is 10.8. The number of benzene rings is 1. The minimum Gasteiger partial charge on any atom is -0.497 e. The second kappa shape index (κ2) is 5.53. The number of aryl methyl sites for hydroxylation is 1. The van der Waals surface area contributed by atoms with Crippen molar-refractivity contribution in [3.05, 3.63) is 46.5 Å². The summed E-state index contributed by atoms with van der Waals surface area (Å²) in [6.07, 6.45) is 3.06. The number of nitrogens with zero attached hydrogens (tertiary/aromatic N) is 2. The summed E-state index contributed by atoms with van der Waals surface area (Å²) in [5, 5.41) is 0. The summed E-state index contributed by atoms with van der Waals surface area (Å²) in [4.78, 5) is 15.7. The zero-order valence-corrected chi connectivity index (χ0v) is 10.8. The van der Waals surface area contributed by atoms with E-state index in [2.05, 4.69) is 4.98 Å². The van der Waals surface area contributed by atoms with Crippen LogP contribution in [0.15, 0.2) is 35.4 Å². The van der Waals surface area contributed by atoms with Crippen LogP contribution in [0.4, 0.5) is 0 Å². The molecule has 0 radical (unpaired) electrons. The Balaban J connectivity index is 2.37. The Morgan fingerprint density at radius 1 is 1.32 bits per heavy atom. The molecule has 0 amide bonds. The maximum absolute atomic E-state index is 11.8. The molecular formula is C13H15N3O3. The SMILES string of the molecule is COc1cc(CN)cc(Oc2nccn(C)c2=O)c1. The largest absolute Gasteiger partial charge is 0.497 e. The van der Waals surface area contributed by atoms with Crippen molar-refractivity contribution in [3.8, 4) is 17.4 Å². The molecule has 0 fully saturated rings. The lowest BCUT2D eigenvalue weighted by Crippen LogP contribution is -2.18. The van der Waals surface area contributed by atoms with Crippen LogP contribution in [0.5, 0.6) is 17.4 Å². The fourth-order valence-electron chi connectivity index (χ4n) is 1.58. The molecule has 0 saturated carbocycles. The monoisotopic (exact) mass is 261 g/mol. The second-order valence-electron chi connectivity index (χ2n) is 3.97. The zero-order chi connectivity index (χ0) is 13.8. The lowest BCUT2D eigenvalue weighted by Gasteiger charge is -2.09. The van der Waals surface area contributed by atoms with Crippen LogP contribution in [0, 0.1) is 0 Å². The molecule has 0 spiro atoms. The Labute approximate surface area is 110 Å². The van der Waals surface area contributed by atoms with Gasteiger partial charge in [-0.15, -0.1) is 0 Å². The predicted octanol–water partition coefficient (Wildman–Crippen LogP) is 1.04. The van der Waals surface area contributed by atoms with Crippen LogP contribution in [0.25, 0.3) is 0 Å². The molecule has 0 saturated heterocycles. The van der Waals surface area contributed by atoms with Crippen LogP contribution in [0.1, 0.15) is 5.56 Å². The molecule has 0 atom stereocenters. The van der Waals surface area contributed by atoms with Gasteiger partial charge in [0, 0.05) is 32.1 Å². The smallest absolute Gasteiger partial charge is 0.313 e. The van der Waals surface area contributed by atoms with E-state index in [1.54, 1.807) is 32.5 Å². The summed E-state index contributed by atoms with van der Waals surface area (Å²) in [7, 11) is 3.19. The molecule has 6 nitrogen and oxygen atoms in total. The minimum absolute atomic E-state index is 0.0150. The van der Waals surface area contributed by atoms with Gasteiger partial charge in [0.1, 0.15) is 11.5 Å². The van der Waals surface area contributed by atoms with Crippen molar-refractivity contribution >= 4 is 0 Å². The number of ether oxygens (including phenoxy) is 2. The van der Waals surface area contributed by atoms with E-state index in [4.69, 9.17) is 15.2 Å². The third-order valence-corrected chi connectivity index (χ3v) is 2.61. The molecule has 1 aromatic heterocycles. The molecule has 2 rings (SSSR count). The highest BCUT2D eigenvalue weighted by Crippen LogP contribution is 2.25. The van der Waals surface area contributed by atoms with Crippen LogP contribution in [-0.2, 0) is 13.6 Å². The standard InChI is InChI=1S/C13H15N3O3/c1-16-4-3-15-12(13(16)17)19-11-6-9(8-14)5-10(7-11)18-2/h3-7H,8,14H2,1-2H3. The summed E-state index contributed by atoms with van der Waals surface area (Å²) in [5.41, 5.74) is 6.14. The van der Waals surface area contributed by atoms with Crippen molar-refractivity contribution in [1.82, 2.24) is 9.55 Å². The first-order valence-electron chi connectivity index (χ1n) is 5.71. The number of hydrogen-bond donors (Lipinski definition) is 1. The van der Waals surface area contributed by atoms with Crippen LogP contribution in [-0.4, -0.2) is 16.7 Å². The van der Waals surface area contributed by atoms with Crippen LogP contribution < -0.4 is 20.8 Å². The van der Waals surface area contributed by atoms with Gasteiger partial charge in [-0.05, 0) is 17.7 Å². The Kier molecular flexibility index (Phi) is 3.82. The van der Waals surface area contributed by atoms with Crippen molar-refractivity contribution in [2.24, 2.45) is 12.8 Å². The summed E-state index contributed by atoms with van der Waals surface area (Å²) < 4.78 is 12.0. The topological polar surface area (TPSA) is 79.4 Å². The van der Waals surface area contributed by atoms with E-state index in [1.807, 2.05) is 6.07 Å². The summed E-state index contributed by atoms with van der Waals surface area (Å²) >= 11 is 0. The van der Waals surface area contributed by atoms with Gasteiger partial charge in [-0.2, -0.15) is 0 Å². The number of methoxy groups -OCH3 is 1. The van der Waals surface area contributed by atoms with Gasteiger partial charge in [-0.1, -0.05) is 0 Å². The molecule has 0 bridgehead atoms. The number of aromatic nitrogens is 2. The van der Waals surface area contributed by atoms with E-state index in [0.29, 0.717) is 18.0 Å². The predicted molar refractivity (Wildman–Crippen MR) is 70.4 cm³/mol. The third kappa shape index (κ3) is 2.92. The second-order valence-corrected chi connectivity index (χ2v) is 3.97. The van der Waals surface area contributed by atoms with Crippen molar-refractivity contribution < 1.29 is 9.47 Å². The molecule has 0 aliphatic rings. The molecule has 19 heavy (non-hydrogen) atoms. The van der Waals surface area contributed by atoms with E-state index in [0.717, 1.165) is 5.56 Å². The Morgan fingerprint density at radius 2 is 2.05 bits per heavy atom. The van der Waals surface area contributed by atoms with Crippen molar-refractivity contribution in [2.45, 2.75) is 6.54 Å². The fourth-order valence-corrected chi connectivity index (χ4v) is 1.58. The molecule has 2 N–H and O–H groups in total. The fraction of sp³-hybridized carbons (Fsp3) is 0.231. The van der Waals surface area contributed by atoms with Crippen LogP contribution >= 0.6 is 0 Å². The maximum Gasteiger partial charge on any atom is 0.313 e. The van der Waals surface area contributed by atoms with E-state index < -0.39 is 0 Å². The van der Waals surface area contributed by atoms with Gasteiger partial charge < -0.3 is 19.8 Å². The number of nitrogens with two attached hydrogens (primary N) is 1. The third-order valence-electron chi connectivity index (χ3n) is 2.61. The highest BCUT2D eigenvalue weighted by atomic mass is 16.5. The Morgan fingerprint density at radius 3 is 2.74 bits per heavy atom. The average molecular weight is 261 g/mol. The molecule has 0 unspecified atom stereocenters. The first kappa shape index (κ1) is 13.1. The van der Waals surface area contributed by atoms with Gasteiger partial charge in [0.2, 0.25) is 0 Å². The van der Waals surface area contributed by atoms with Crippen molar-refractivity contribution in [1.29, 1.82) is 0 Å². The molecule has 2 aromatic rings. The molecular weight excluding hydrogens is 246 g/mol. The quantitative estimate of drug-likeness (QED) is 0.889. The molecule has 0 aliphatic heterocycles. The lowest BCUT2D eigenvalue weighted by atomic mass is 10.2.